The molecule has 4 aromatic rings. The lowest BCUT2D eigenvalue weighted by molar-refractivity contribution is 0.511. The average Bonchev–Trinajstić information content (AvgIpc) is 3.42. The molecule has 166 valence electrons. The van der Waals surface area contributed by atoms with Gasteiger partial charge in [0.05, 0.1) is 22.6 Å². The van der Waals surface area contributed by atoms with Gasteiger partial charge in [0.2, 0.25) is 0 Å². The predicted octanol–water partition coefficient (Wildman–Crippen LogP) is 5.15. The van der Waals surface area contributed by atoms with E-state index in [1.165, 1.54) is 18.2 Å². The second-order valence-electron chi connectivity index (χ2n) is 7.15. The number of anilines is 3. The lowest BCUT2D eigenvalue weighted by atomic mass is 10.1. The fraction of sp³-hybridized carbons (Fsp3) is 0.227. The first-order chi connectivity index (χ1) is 15.4. The molecular weight excluding hydrogens is 421 g/mol. The molecule has 0 aliphatic carbocycles. The summed E-state index contributed by atoms with van der Waals surface area (Å²) in [5, 5.41) is 13.4. The van der Waals surface area contributed by atoms with Gasteiger partial charge in [-0.1, -0.05) is 18.1 Å². The van der Waals surface area contributed by atoms with Gasteiger partial charge in [-0.25, -0.2) is 18.2 Å². The Hall–Kier alpha value is -3.82. The number of nitrogens with one attached hydrogen (secondary N) is 3. The molecule has 0 aliphatic rings. The van der Waals surface area contributed by atoms with Crippen LogP contribution in [0.2, 0.25) is 0 Å². The van der Waals surface area contributed by atoms with Crippen LogP contribution in [0.1, 0.15) is 24.0 Å². The molecular formula is C22H21F3N6O. The van der Waals surface area contributed by atoms with E-state index in [1.807, 2.05) is 13.8 Å². The van der Waals surface area contributed by atoms with E-state index in [9.17, 15) is 13.2 Å². The number of nitrogens with zero attached hydrogens (tertiary/aromatic N) is 3. The summed E-state index contributed by atoms with van der Waals surface area (Å²) in [6, 6.07) is 6.87. The Morgan fingerprint density at radius 3 is 2.62 bits per heavy atom. The molecule has 0 spiro atoms. The largest absolute Gasteiger partial charge is 0.403 e. The summed E-state index contributed by atoms with van der Waals surface area (Å²) >= 11 is 0. The fourth-order valence-electron chi connectivity index (χ4n) is 3.15. The van der Waals surface area contributed by atoms with Gasteiger partial charge >= 0.3 is 6.01 Å². The Balaban J connectivity index is 1.55. The second-order valence-corrected chi connectivity index (χ2v) is 7.15. The summed E-state index contributed by atoms with van der Waals surface area (Å²) in [5.41, 5.74) is 1.48. The molecule has 0 atom stereocenters. The summed E-state index contributed by atoms with van der Waals surface area (Å²) in [6.07, 6.45) is 3.04. The van der Waals surface area contributed by atoms with Crippen LogP contribution in [0.3, 0.4) is 0 Å². The van der Waals surface area contributed by atoms with Gasteiger partial charge in [-0.05, 0) is 43.2 Å². The van der Waals surface area contributed by atoms with E-state index in [0.29, 0.717) is 19.4 Å². The van der Waals surface area contributed by atoms with Crippen molar-refractivity contribution < 1.29 is 17.6 Å². The van der Waals surface area contributed by atoms with Crippen molar-refractivity contribution in [2.45, 2.75) is 26.7 Å². The standard InChI is InChI=1S/C22H21F3N6O/c1-3-13-4-7-17(16(24)10-13)29-20-14(5-6-15(23)19(20)25)21-30-31-22(32-21)26-9-8-18-27-11-12(2)28-18/h4-7,10-11,29H,3,8-9H2,1-2H3,(H,26,31)(H,27,28). The van der Waals surface area contributed by atoms with Crippen LogP contribution in [-0.2, 0) is 12.8 Å². The van der Waals surface area contributed by atoms with Crippen molar-refractivity contribution in [3.05, 3.63) is 71.1 Å². The quantitative estimate of drug-likeness (QED) is 0.350. The average molecular weight is 442 g/mol. The van der Waals surface area contributed by atoms with Gasteiger partial charge in [-0.2, -0.15) is 0 Å². The van der Waals surface area contributed by atoms with E-state index in [-0.39, 0.29) is 28.8 Å². The van der Waals surface area contributed by atoms with Crippen molar-refractivity contribution in [1.29, 1.82) is 0 Å². The van der Waals surface area contributed by atoms with Crippen LogP contribution in [0, 0.1) is 24.4 Å². The minimum atomic E-state index is -1.18. The van der Waals surface area contributed by atoms with Gasteiger partial charge in [0.1, 0.15) is 11.6 Å². The first-order valence-corrected chi connectivity index (χ1v) is 10.1. The third-order valence-corrected chi connectivity index (χ3v) is 4.85. The smallest absolute Gasteiger partial charge is 0.315 e. The van der Waals surface area contributed by atoms with Crippen LogP contribution in [0.5, 0.6) is 0 Å². The topological polar surface area (TPSA) is 91.7 Å². The molecule has 0 saturated heterocycles. The van der Waals surface area contributed by atoms with E-state index >= 15 is 0 Å². The molecule has 0 fully saturated rings. The van der Waals surface area contributed by atoms with Crippen LogP contribution < -0.4 is 10.6 Å². The number of halogens is 3. The molecule has 10 heteroatoms. The normalized spacial score (nSPS) is 11.0. The van der Waals surface area contributed by atoms with Crippen molar-refractivity contribution in [2.24, 2.45) is 0 Å². The highest BCUT2D eigenvalue weighted by molar-refractivity contribution is 5.78. The monoisotopic (exact) mass is 442 g/mol. The predicted molar refractivity (Wildman–Crippen MR) is 114 cm³/mol. The molecule has 0 aliphatic heterocycles. The Labute approximate surface area is 182 Å². The Morgan fingerprint density at radius 2 is 1.91 bits per heavy atom. The summed E-state index contributed by atoms with van der Waals surface area (Å²) in [6.45, 7) is 4.24. The van der Waals surface area contributed by atoms with Gasteiger partial charge in [0.15, 0.2) is 11.6 Å². The maximum Gasteiger partial charge on any atom is 0.315 e. The van der Waals surface area contributed by atoms with Crippen LogP contribution >= 0.6 is 0 Å². The van der Waals surface area contributed by atoms with Crippen molar-refractivity contribution in [2.75, 3.05) is 17.2 Å². The highest BCUT2D eigenvalue weighted by Gasteiger charge is 2.20. The lowest BCUT2D eigenvalue weighted by Gasteiger charge is -2.13. The van der Waals surface area contributed by atoms with Gasteiger partial charge in [0.25, 0.3) is 5.89 Å². The molecule has 32 heavy (non-hydrogen) atoms. The van der Waals surface area contributed by atoms with E-state index in [4.69, 9.17) is 4.42 Å². The molecule has 2 heterocycles. The second kappa shape index (κ2) is 9.13. The summed E-state index contributed by atoms with van der Waals surface area (Å²) < 4.78 is 48.6. The Kier molecular flexibility index (Phi) is 6.11. The SMILES string of the molecule is CCc1ccc(Nc2c(-c3nnc(NCCc4nc(C)c[nH]4)o3)ccc(F)c2F)c(F)c1. The van der Waals surface area contributed by atoms with Crippen molar-refractivity contribution >= 4 is 17.4 Å². The molecule has 2 aromatic heterocycles. The number of aromatic amines is 1. The lowest BCUT2D eigenvalue weighted by Crippen LogP contribution is -2.06. The third-order valence-electron chi connectivity index (χ3n) is 4.85. The summed E-state index contributed by atoms with van der Waals surface area (Å²) in [5.74, 6) is -2.10. The molecule has 4 rings (SSSR count). The minimum absolute atomic E-state index is 0.000412. The summed E-state index contributed by atoms with van der Waals surface area (Å²) in [4.78, 5) is 7.35. The van der Waals surface area contributed by atoms with Gasteiger partial charge in [0, 0.05) is 19.2 Å². The maximum absolute atomic E-state index is 14.6. The number of aryl methyl sites for hydroxylation is 2. The Morgan fingerprint density at radius 1 is 1.06 bits per heavy atom. The van der Waals surface area contributed by atoms with Crippen molar-refractivity contribution in [3.8, 4) is 11.5 Å². The molecule has 3 N–H and O–H groups in total. The number of H-pyrrole nitrogens is 1. The van der Waals surface area contributed by atoms with Gasteiger partial charge < -0.3 is 20.0 Å². The van der Waals surface area contributed by atoms with Crippen LogP contribution in [0.25, 0.3) is 11.5 Å². The molecule has 0 radical (unpaired) electrons. The van der Waals surface area contributed by atoms with Crippen LogP contribution in [-0.4, -0.2) is 26.7 Å². The van der Waals surface area contributed by atoms with Crippen molar-refractivity contribution in [1.82, 2.24) is 20.2 Å². The number of rotatable bonds is 8. The zero-order chi connectivity index (χ0) is 22.7. The minimum Gasteiger partial charge on any atom is -0.403 e. The van der Waals surface area contributed by atoms with Crippen LogP contribution in [0.4, 0.5) is 30.6 Å². The van der Waals surface area contributed by atoms with E-state index in [2.05, 4.69) is 30.8 Å². The highest BCUT2D eigenvalue weighted by atomic mass is 19.2. The zero-order valence-electron chi connectivity index (χ0n) is 17.5. The number of aromatic nitrogens is 4. The molecule has 0 unspecified atom stereocenters. The zero-order valence-corrected chi connectivity index (χ0v) is 17.5. The van der Waals surface area contributed by atoms with E-state index < -0.39 is 17.5 Å². The van der Waals surface area contributed by atoms with Crippen LogP contribution in [0.15, 0.2) is 40.9 Å². The first kappa shape index (κ1) is 21.4. The fourth-order valence-corrected chi connectivity index (χ4v) is 3.15. The molecule has 2 aromatic carbocycles. The maximum atomic E-state index is 14.6. The van der Waals surface area contributed by atoms with E-state index in [0.717, 1.165) is 23.1 Å². The molecule has 0 bridgehead atoms. The highest BCUT2D eigenvalue weighted by Crippen LogP contribution is 2.34. The molecule has 0 saturated carbocycles. The third kappa shape index (κ3) is 4.58. The van der Waals surface area contributed by atoms with Gasteiger partial charge in [-0.3, -0.25) is 0 Å². The number of hydrogen-bond acceptors (Lipinski definition) is 6. The molecule has 7 nitrogen and oxygen atoms in total. The Bertz CT molecular complexity index is 1240. The number of hydrogen-bond donors (Lipinski definition) is 3. The first-order valence-electron chi connectivity index (χ1n) is 10.1. The molecule has 0 amide bonds. The van der Waals surface area contributed by atoms with Gasteiger partial charge in [-0.15, -0.1) is 5.10 Å². The number of imidazole rings is 1. The van der Waals surface area contributed by atoms with E-state index in [1.54, 1.807) is 12.3 Å². The number of benzene rings is 2. The summed E-state index contributed by atoms with van der Waals surface area (Å²) in [7, 11) is 0. The van der Waals surface area contributed by atoms with Crippen molar-refractivity contribution in [3.63, 3.8) is 0 Å².